The van der Waals surface area contributed by atoms with Crippen molar-refractivity contribution < 1.29 is 5.11 Å². The molecule has 13 heavy (non-hydrogen) atoms. The molecule has 2 nitrogen and oxygen atoms in total. The van der Waals surface area contributed by atoms with Crippen LogP contribution in [0.3, 0.4) is 0 Å². The van der Waals surface area contributed by atoms with Gasteiger partial charge in [-0.05, 0) is 44.6 Å². The van der Waals surface area contributed by atoms with Crippen LogP contribution in [-0.2, 0) is 0 Å². The summed E-state index contributed by atoms with van der Waals surface area (Å²) in [6.07, 6.45) is 6.51. The topological polar surface area (TPSA) is 23.5 Å². The van der Waals surface area contributed by atoms with Crippen LogP contribution in [0.25, 0.3) is 0 Å². The maximum absolute atomic E-state index is 9.15. The number of nitrogens with zero attached hydrogens (tertiary/aromatic N) is 1. The summed E-state index contributed by atoms with van der Waals surface area (Å²) in [6.45, 7) is 3.94. The third-order valence-electron chi connectivity index (χ3n) is 3.72. The average Bonchev–Trinajstić information content (AvgIpc) is 2.39. The molecule has 2 heterocycles. The van der Waals surface area contributed by atoms with E-state index in [1.165, 1.54) is 38.6 Å². The number of aliphatic hydroxyl groups excluding tert-OH is 1. The standard InChI is InChI=1S/C11H21NO/c1-2-5-12-10-3-4-11(12)7-9(6-10)8-13/h9-11,13H,2-8H2,1H3. The zero-order valence-corrected chi connectivity index (χ0v) is 8.58. The number of fused-ring (bicyclic) bond motifs is 2. The maximum atomic E-state index is 9.15. The molecule has 0 aromatic heterocycles. The molecule has 1 N–H and O–H groups in total. The first-order chi connectivity index (χ1) is 6.35. The van der Waals surface area contributed by atoms with E-state index in [4.69, 9.17) is 5.11 Å². The van der Waals surface area contributed by atoms with Crippen molar-refractivity contribution in [1.29, 1.82) is 0 Å². The Bertz CT molecular complexity index is 157. The Morgan fingerprint density at radius 1 is 1.23 bits per heavy atom. The van der Waals surface area contributed by atoms with Gasteiger partial charge in [-0.1, -0.05) is 6.92 Å². The van der Waals surface area contributed by atoms with Crippen molar-refractivity contribution in [2.75, 3.05) is 13.2 Å². The predicted molar refractivity (Wildman–Crippen MR) is 53.6 cm³/mol. The Morgan fingerprint density at radius 2 is 1.85 bits per heavy atom. The second-order valence-electron chi connectivity index (χ2n) is 4.64. The highest BCUT2D eigenvalue weighted by Gasteiger charge is 2.39. The Balaban J connectivity index is 1.96. The molecule has 0 aliphatic carbocycles. The monoisotopic (exact) mass is 183 g/mol. The molecule has 76 valence electrons. The van der Waals surface area contributed by atoms with Gasteiger partial charge in [0.2, 0.25) is 0 Å². The van der Waals surface area contributed by atoms with E-state index in [1.807, 2.05) is 0 Å². The van der Waals surface area contributed by atoms with E-state index < -0.39 is 0 Å². The number of rotatable bonds is 3. The highest BCUT2D eigenvalue weighted by Crippen LogP contribution is 2.38. The lowest BCUT2D eigenvalue weighted by molar-refractivity contribution is 0.0742. The molecule has 0 aromatic carbocycles. The average molecular weight is 183 g/mol. The van der Waals surface area contributed by atoms with Crippen LogP contribution < -0.4 is 0 Å². The van der Waals surface area contributed by atoms with Crippen molar-refractivity contribution in [2.24, 2.45) is 5.92 Å². The van der Waals surface area contributed by atoms with Gasteiger partial charge in [0.25, 0.3) is 0 Å². The molecule has 2 atom stereocenters. The molecule has 0 amide bonds. The number of hydrogen-bond acceptors (Lipinski definition) is 2. The van der Waals surface area contributed by atoms with E-state index in [0.29, 0.717) is 12.5 Å². The molecule has 2 saturated heterocycles. The van der Waals surface area contributed by atoms with E-state index >= 15 is 0 Å². The Kier molecular flexibility index (Phi) is 2.89. The third kappa shape index (κ3) is 1.75. The van der Waals surface area contributed by atoms with Gasteiger partial charge in [-0.25, -0.2) is 0 Å². The normalized spacial score (nSPS) is 39.7. The largest absolute Gasteiger partial charge is 0.396 e. The van der Waals surface area contributed by atoms with Crippen molar-refractivity contribution in [3.05, 3.63) is 0 Å². The van der Waals surface area contributed by atoms with Crippen LogP contribution in [0.1, 0.15) is 39.0 Å². The van der Waals surface area contributed by atoms with Crippen LogP contribution in [0.4, 0.5) is 0 Å². The third-order valence-corrected chi connectivity index (χ3v) is 3.72. The van der Waals surface area contributed by atoms with Crippen LogP contribution in [0.15, 0.2) is 0 Å². The fourth-order valence-electron chi connectivity index (χ4n) is 3.16. The number of piperidine rings is 1. The molecule has 2 unspecified atom stereocenters. The number of hydrogen-bond donors (Lipinski definition) is 1. The van der Waals surface area contributed by atoms with Crippen molar-refractivity contribution in [1.82, 2.24) is 4.90 Å². The molecule has 2 heteroatoms. The summed E-state index contributed by atoms with van der Waals surface area (Å²) in [5.74, 6) is 0.602. The minimum Gasteiger partial charge on any atom is -0.396 e. The van der Waals surface area contributed by atoms with E-state index in [2.05, 4.69) is 11.8 Å². The lowest BCUT2D eigenvalue weighted by Crippen LogP contribution is -2.43. The first-order valence-electron chi connectivity index (χ1n) is 5.71. The molecule has 2 aliphatic heterocycles. The first kappa shape index (κ1) is 9.47. The molecule has 2 rings (SSSR count). The molecule has 0 radical (unpaired) electrons. The lowest BCUT2D eigenvalue weighted by Gasteiger charge is -2.38. The fourth-order valence-corrected chi connectivity index (χ4v) is 3.16. The van der Waals surface area contributed by atoms with Gasteiger partial charge in [0.1, 0.15) is 0 Å². The highest BCUT2D eigenvalue weighted by atomic mass is 16.3. The van der Waals surface area contributed by atoms with E-state index in [9.17, 15) is 0 Å². The van der Waals surface area contributed by atoms with Gasteiger partial charge < -0.3 is 5.11 Å². The van der Waals surface area contributed by atoms with Gasteiger partial charge in [-0.3, -0.25) is 4.90 Å². The van der Waals surface area contributed by atoms with Crippen LogP contribution in [0, 0.1) is 5.92 Å². The molecule has 2 fully saturated rings. The van der Waals surface area contributed by atoms with Gasteiger partial charge in [0.05, 0.1) is 0 Å². The van der Waals surface area contributed by atoms with Gasteiger partial charge in [0, 0.05) is 18.7 Å². The summed E-state index contributed by atoms with van der Waals surface area (Å²) in [5.41, 5.74) is 0. The van der Waals surface area contributed by atoms with Gasteiger partial charge >= 0.3 is 0 Å². The van der Waals surface area contributed by atoms with Gasteiger partial charge in [-0.15, -0.1) is 0 Å². The highest BCUT2D eigenvalue weighted by molar-refractivity contribution is 4.94. The van der Waals surface area contributed by atoms with E-state index in [1.54, 1.807) is 0 Å². The second kappa shape index (κ2) is 3.97. The Labute approximate surface area is 80.9 Å². The maximum Gasteiger partial charge on any atom is 0.0460 e. The molecule has 0 saturated carbocycles. The lowest BCUT2D eigenvalue weighted by atomic mass is 9.91. The smallest absolute Gasteiger partial charge is 0.0460 e. The zero-order valence-electron chi connectivity index (χ0n) is 8.58. The summed E-state index contributed by atoms with van der Waals surface area (Å²) in [7, 11) is 0. The summed E-state index contributed by atoms with van der Waals surface area (Å²) >= 11 is 0. The van der Waals surface area contributed by atoms with Crippen LogP contribution in [0.2, 0.25) is 0 Å². The summed E-state index contributed by atoms with van der Waals surface area (Å²) in [6, 6.07) is 1.60. The van der Waals surface area contributed by atoms with Crippen LogP contribution in [0.5, 0.6) is 0 Å². The van der Waals surface area contributed by atoms with Crippen LogP contribution >= 0.6 is 0 Å². The minimum atomic E-state index is 0.410. The SMILES string of the molecule is CCCN1C2CCC1CC(CO)C2. The van der Waals surface area contributed by atoms with E-state index in [-0.39, 0.29) is 0 Å². The fraction of sp³-hybridized carbons (Fsp3) is 1.00. The van der Waals surface area contributed by atoms with Gasteiger partial charge in [-0.2, -0.15) is 0 Å². The van der Waals surface area contributed by atoms with Crippen molar-refractivity contribution >= 4 is 0 Å². The molecule has 2 aliphatic rings. The van der Waals surface area contributed by atoms with Crippen LogP contribution in [-0.4, -0.2) is 35.2 Å². The molecule has 0 spiro atoms. The van der Waals surface area contributed by atoms with Gasteiger partial charge in [0.15, 0.2) is 0 Å². The van der Waals surface area contributed by atoms with Crippen molar-refractivity contribution in [3.63, 3.8) is 0 Å². The quantitative estimate of drug-likeness (QED) is 0.719. The Morgan fingerprint density at radius 3 is 2.31 bits per heavy atom. The first-order valence-corrected chi connectivity index (χ1v) is 5.71. The van der Waals surface area contributed by atoms with Crippen molar-refractivity contribution in [3.8, 4) is 0 Å². The molecular formula is C11H21NO. The zero-order chi connectivity index (χ0) is 9.26. The second-order valence-corrected chi connectivity index (χ2v) is 4.64. The number of aliphatic hydroxyl groups is 1. The summed E-state index contributed by atoms with van der Waals surface area (Å²) in [4.78, 5) is 2.69. The predicted octanol–water partition coefficient (Wildman–Crippen LogP) is 1.63. The Hall–Kier alpha value is -0.0800. The molecule has 0 aromatic rings. The summed E-state index contributed by atoms with van der Waals surface area (Å²) in [5, 5.41) is 9.15. The van der Waals surface area contributed by atoms with Crippen molar-refractivity contribution in [2.45, 2.75) is 51.1 Å². The molecular weight excluding hydrogens is 162 g/mol. The molecule has 2 bridgehead atoms. The summed E-state index contributed by atoms with van der Waals surface area (Å²) < 4.78 is 0. The van der Waals surface area contributed by atoms with E-state index in [0.717, 1.165) is 12.1 Å². The minimum absolute atomic E-state index is 0.410.